The normalized spacial score (nSPS) is 10.7. The number of carbonyl (C=O) groups excluding carboxylic acids is 1. The topological polar surface area (TPSA) is 51.2 Å². The van der Waals surface area contributed by atoms with Crippen LogP contribution in [0.4, 0.5) is 5.13 Å². The van der Waals surface area contributed by atoms with Crippen LogP contribution in [0.1, 0.15) is 10.4 Å². The third kappa shape index (κ3) is 3.40. The van der Waals surface area contributed by atoms with Gasteiger partial charge in [-0.05, 0) is 36.4 Å². The van der Waals surface area contributed by atoms with Crippen LogP contribution in [-0.2, 0) is 0 Å². The van der Waals surface area contributed by atoms with Crippen molar-refractivity contribution in [3.8, 4) is 11.5 Å². The van der Waals surface area contributed by atoms with Crippen LogP contribution in [0.5, 0.6) is 11.5 Å². The Bertz CT molecular complexity index is 1080. The van der Waals surface area contributed by atoms with Gasteiger partial charge in [0, 0.05) is 0 Å². The smallest absolute Gasteiger partial charge is 0.261 e. The summed E-state index contributed by atoms with van der Waals surface area (Å²) in [5, 5.41) is 3.89. The molecule has 0 aliphatic carbocycles. The largest absolute Gasteiger partial charge is 0.457 e. The Morgan fingerprint density at radius 2 is 1.73 bits per heavy atom. The van der Waals surface area contributed by atoms with E-state index < -0.39 is 0 Å². The number of carbonyl (C=O) groups is 1. The number of hydrogen-bond acceptors (Lipinski definition) is 4. The molecule has 0 radical (unpaired) electrons. The minimum Gasteiger partial charge on any atom is -0.457 e. The maximum absolute atomic E-state index is 12.7. The molecule has 0 saturated carbocycles. The number of rotatable bonds is 4. The molecule has 128 valence electrons. The lowest BCUT2D eigenvalue weighted by atomic mass is 10.2. The fourth-order valence-electron chi connectivity index (χ4n) is 2.49. The summed E-state index contributed by atoms with van der Waals surface area (Å²) in [6.07, 6.45) is 0. The number of ether oxygens (including phenoxy) is 1. The molecule has 0 aliphatic rings. The Morgan fingerprint density at radius 1 is 0.962 bits per heavy atom. The minimum atomic E-state index is -0.285. The van der Waals surface area contributed by atoms with Crippen molar-refractivity contribution in [3.05, 3.63) is 83.4 Å². The van der Waals surface area contributed by atoms with Gasteiger partial charge in [0.1, 0.15) is 17.0 Å². The lowest BCUT2D eigenvalue weighted by molar-refractivity contribution is 0.102. The molecule has 3 aromatic carbocycles. The van der Waals surface area contributed by atoms with E-state index in [0.717, 1.165) is 4.70 Å². The number of benzene rings is 3. The maximum Gasteiger partial charge on any atom is 0.261 e. The molecule has 1 amide bonds. The monoisotopic (exact) mass is 380 g/mol. The zero-order chi connectivity index (χ0) is 17.9. The molecule has 0 bridgehead atoms. The second-order valence-electron chi connectivity index (χ2n) is 5.47. The van der Waals surface area contributed by atoms with E-state index >= 15 is 0 Å². The predicted molar refractivity (Wildman–Crippen MR) is 106 cm³/mol. The maximum atomic E-state index is 12.7. The number of thiazole rings is 1. The van der Waals surface area contributed by atoms with Crippen LogP contribution < -0.4 is 10.1 Å². The fraction of sp³-hybridized carbons (Fsp3) is 0. The van der Waals surface area contributed by atoms with E-state index in [1.807, 2.05) is 48.5 Å². The fourth-order valence-corrected chi connectivity index (χ4v) is 3.65. The average molecular weight is 381 g/mol. The Hall–Kier alpha value is -2.89. The molecular formula is C20H13ClN2O2S. The molecule has 0 saturated heterocycles. The van der Waals surface area contributed by atoms with E-state index in [1.54, 1.807) is 24.3 Å². The third-order valence-electron chi connectivity index (χ3n) is 3.69. The van der Waals surface area contributed by atoms with Crippen LogP contribution in [0.15, 0.2) is 72.8 Å². The van der Waals surface area contributed by atoms with Crippen LogP contribution >= 0.6 is 22.9 Å². The molecule has 1 heterocycles. The quantitative estimate of drug-likeness (QED) is 0.472. The Labute approximate surface area is 159 Å². The summed E-state index contributed by atoms with van der Waals surface area (Å²) in [4.78, 5) is 17.1. The number of para-hydroxylation sites is 3. The van der Waals surface area contributed by atoms with Crippen LogP contribution in [0, 0.1) is 0 Å². The first-order valence-electron chi connectivity index (χ1n) is 7.89. The van der Waals surface area contributed by atoms with E-state index in [0.29, 0.717) is 32.7 Å². The molecule has 26 heavy (non-hydrogen) atoms. The molecule has 6 heteroatoms. The van der Waals surface area contributed by atoms with Gasteiger partial charge in [0.05, 0.1) is 15.3 Å². The van der Waals surface area contributed by atoms with E-state index in [-0.39, 0.29) is 5.91 Å². The van der Waals surface area contributed by atoms with Crippen LogP contribution in [0.2, 0.25) is 5.02 Å². The van der Waals surface area contributed by atoms with Crippen molar-refractivity contribution in [3.63, 3.8) is 0 Å². The first kappa shape index (κ1) is 16.6. The molecule has 4 rings (SSSR count). The van der Waals surface area contributed by atoms with Gasteiger partial charge >= 0.3 is 0 Å². The first-order chi connectivity index (χ1) is 12.7. The highest BCUT2D eigenvalue weighted by molar-refractivity contribution is 7.22. The Kier molecular flexibility index (Phi) is 4.56. The summed E-state index contributed by atoms with van der Waals surface area (Å²) in [6.45, 7) is 0. The standard InChI is InChI=1S/C20H13ClN2O2S/c21-15-10-6-12-17-18(15)22-20(26-17)23-19(24)14-9-4-5-11-16(14)25-13-7-2-1-3-8-13/h1-12H,(H,22,23,24). The first-order valence-corrected chi connectivity index (χ1v) is 9.08. The van der Waals surface area contributed by atoms with Gasteiger partial charge < -0.3 is 4.74 Å². The number of nitrogens with zero attached hydrogens (tertiary/aromatic N) is 1. The molecule has 0 unspecified atom stereocenters. The van der Waals surface area contributed by atoms with E-state index in [4.69, 9.17) is 16.3 Å². The van der Waals surface area contributed by atoms with Crippen molar-refractivity contribution in [1.82, 2.24) is 4.98 Å². The molecule has 0 fully saturated rings. The van der Waals surface area contributed by atoms with Gasteiger partial charge in [0.2, 0.25) is 0 Å². The number of nitrogens with one attached hydrogen (secondary N) is 1. The Morgan fingerprint density at radius 3 is 2.54 bits per heavy atom. The second-order valence-corrected chi connectivity index (χ2v) is 6.91. The van der Waals surface area contributed by atoms with Crippen LogP contribution in [0.25, 0.3) is 10.2 Å². The van der Waals surface area contributed by atoms with Gasteiger partial charge in [0.25, 0.3) is 5.91 Å². The minimum absolute atomic E-state index is 0.285. The van der Waals surface area contributed by atoms with Gasteiger partial charge in [-0.15, -0.1) is 0 Å². The molecule has 0 aliphatic heterocycles. The second kappa shape index (κ2) is 7.15. The lowest BCUT2D eigenvalue weighted by Crippen LogP contribution is -2.12. The molecule has 1 aromatic heterocycles. The summed E-state index contributed by atoms with van der Waals surface area (Å²) < 4.78 is 6.77. The number of anilines is 1. The molecule has 0 atom stereocenters. The summed E-state index contributed by atoms with van der Waals surface area (Å²) in [5.41, 5.74) is 1.12. The number of hydrogen-bond donors (Lipinski definition) is 1. The number of aromatic nitrogens is 1. The van der Waals surface area contributed by atoms with Crippen LogP contribution in [-0.4, -0.2) is 10.9 Å². The third-order valence-corrected chi connectivity index (χ3v) is 4.93. The highest BCUT2D eigenvalue weighted by Crippen LogP contribution is 2.32. The van der Waals surface area contributed by atoms with E-state index in [1.165, 1.54) is 11.3 Å². The summed E-state index contributed by atoms with van der Waals surface area (Å²) in [5.74, 6) is 0.863. The van der Waals surface area contributed by atoms with Gasteiger partial charge in [0.15, 0.2) is 5.13 Å². The van der Waals surface area contributed by atoms with Crippen LogP contribution in [0.3, 0.4) is 0 Å². The van der Waals surface area contributed by atoms with Gasteiger partial charge in [-0.1, -0.05) is 59.3 Å². The molecule has 1 N–H and O–H groups in total. The summed E-state index contributed by atoms with van der Waals surface area (Å²) >= 11 is 7.53. The van der Waals surface area contributed by atoms with E-state index in [2.05, 4.69) is 10.3 Å². The van der Waals surface area contributed by atoms with E-state index in [9.17, 15) is 4.79 Å². The average Bonchev–Trinajstić information content (AvgIpc) is 3.07. The highest BCUT2D eigenvalue weighted by atomic mass is 35.5. The number of fused-ring (bicyclic) bond motifs is 1. The number of halogens is 1. The Balaban J connectivity index is 1.61. The van der Waals surface area contributed by atoms with Crippen molar-refractivity contribution >= 4 is 44.2 Å². The summed E-state index contributed by atoms with van der Waals surface area (Å²) in [6, 6.07) is 22.0. The van der Waals surface area contributed by atoms with Crippen molar-refractivity contribution in [2.45, 2.75) is 0 Å². The molecule has 0 spiro atoms. The summed E-state index contributed by atoms with van der Waals surface area (Å²) in [7, 11) is 0. The molecule has 4 aromatic rings. The molecular weight excluding hydrogens is 368 g/mol. The molecule has 4 nitrogen and oxygen atoms in total. The number of amides is 1. The van der Waals surface area contributed by atoms with Crippen molar-refractivity contribution in [2.24, 2.45) is 0 Å². The zero-order valence-electron chi connectivity index (χ0n) is 13.5. The van der Waals surface area contributed by atoms with Crippen molar-refractivity contribution in [1.29, 1.82) is 0 Å². The van der Waals surface area contributed by atoms with Gasteiger partial charge in [-0.2, -0.15) is 0 Å². The van der Waals surface area contributed by atoms with Crippen molar-refractivity contribution in [2.75, 3.05) is 5.32 Å². The zero-order valence-corrected chi connectivity index (χ0v) is 15.1. The van der Waals surface area contributed by atoms with Gasteiger partial charge in [-0.25, -0.2) is 4.98 Å². The SMILES string of the molecule is O=C(Nc1nc2c(Cl)cccc2s1)c1ccccc1Oc1ccccc1. The highest BCUT2D eigenvalue weighted by Gasteiger charge is 2.15. The predicted octanol–water partition coefficient (Wildman–Crippen LogP) is 5.99. The van der Waals surface area contributed by atoms with Crippen molar-refractivity contribution < 1.29 is 9.53 Å². The lowest BCUT2D eigenvalue weighted by Gasteiger charge is -2.10. The van der Waals surface area contributed by atoms with Gasteiger partial charge in [-0.3, -0.25) is 10.1 Å².